The van der Waals surface area contributed by atoms with Gasteiger partial charge >= 0.3 is 0 Å². The quantitative estimate of drug-likeness (QED) is 0.712. The average molecular weight is 301 g/mol. The molecule has 0 heterocycles. The molecular formula is C12H7BrF2S. The second kappa shape index (κ2) is 4.97. The van der Waals surface area contributed by atoms with Crippen LogP contribution in [0.2, 0.25) is 0 Å². The second-order valence-electron chi connectivity index (χ2n) is 3.12. The lowest BCUT2D eigenvalue weighted by atomic mass is 10.3. The smallest absolute Gasteiger partial charge is 0.141 e. The summed E-state index contributed by atoms with van der Waals surface area (Å²) in [7, 11) is 0. The largest absolute Gasteiger partial charge is 0.206 e. The molecule has 2 aromatic carbocycles. The highest BCUT2D eigenvalue weighted by Gasteiger charge is 2.08. The van der Waals surface area contributed by atoms with E-state index >= 15 is 0 Å². The van der Waals surface area contributed by atoms with Gasteiger partial charge in [0.05, 0.1) is 4.47 Å². The summed E-state index contributed by atoms with van der Waals surface area (Å²) in [4.78, 5) is 1.49. The SMILES string of the molecule is Fc1cc(Sc2ccccc2)cc(F)c1Br. The predicted molar refractivity (Wildman–Crippen MR) is 64.6 cm³/mol. The highest BCUT2D eigenvalue weighted by atomic mass is 79.9. The number of benzene rings is 2. The predicted octanol–water partition coefficient (Wildman–Crippen LogP) is 4.88. The third-order valence-electron chi connectivity index (χ3n) is 1.94. The van der Waals surface area contributed by atoms with Gasteiger partial charge in [0, 0.05) is 9.79 Å². The molecule has 0 aliphatic heterocycles. The summed E-state index contributed by atoms with van der Waals surface area (Å²) in [6.07, 6.45) is 0. The summed E-state index contributed by atoms with van der Waals surface area (Å²) in [5.41, 5.74) is 0. The zero-order valence-corrected chi connectivity index (χ0v) is 10.5. The minimum Gasteiger partial charge on any atom is -0.206 e. The maximum Gasteiger partial charge on any atom is 0.141 e. The summed E-state index contributed by atoms with van der Waals surface area (Å²) < 4.78 is 26.4. The molecule has 0 aromatic heterocycles. The van der Waals surface area contributed by atoms with Crippen LogP contribution in [-0.4, -0.2) is 0 Å². The Kier molecular flexibility index (Phi) is 3.61. The Bertz CT molecular complexity index is 477. The molecule has 2 aromatic rings. The molecule has 0 atom stereocenters. The maximum absolute atomic E-state index is 13.2. The second-order valence-corrected chi connectivity index (χ2v) is 5.06. The standard InChI is InChI=1S/C12H7BrF2S/c13-12-10(14)6-9(7-11(12)15)16-8-4-2-1-3-5-8/h1-7H. The van der Waals surface area contributed by atoms with Crippen molar-refractivity contribution in [2.75, 3.05) is 0 Å². The first-order chi connectivity index (χ1) is 7.66. The van der Waals surface area contributed by atoms with E-state index in [2.05, 4.69) is 15.9 Å². The van der Waals surface area contributed by atoms with Crippen LogP contribution in [0.1, 0.15) is 0 Å². The Balaban J connectivity index is 2.29. The molecule has 4 heteroatoms. The molecule has 16 heavy (non-hydrogen) atoms. The van der Waals surface area contributed by atoms with Gasteiger partial charge in [-0.15, -0.1) is 0 Å². The van der Waals surface area contributed by atoms with E-state index in [4.69, 9.17) is 0 Å². The molecule has 0 radical (unpaired) electrons. The summed E-state index contributed by atoms with van der Waals surface area (Å²) in [6, 6.07) is 12.1. The van der Waals surface area contributed by atoms with Crippen LogP contribution in [0.25, 0.3) is 0 Å². The highest BCUT2D eigenvalue weighted by Crippen LogP contribution is 2.31. The van der Waals surface area contributed by atoms with Crippen LogP contribution in [0.3, 0.4) is 0 Å². The molecule has 0 nitrogen and oxygen atoms in total. The Morgan fingerprint density at radius 3 is 2.00 bits per heavy atom. The normalized spacial score (nSPS) is 10.4. The van der Waals surface area contributed by atoms with Crippen LogP contribution in [0, 0.1) is 11.6 Å². The fourth-order valence-electron chi connectivity index (χ4n) is 1.22. The Hall–Kier alpha value is -0.870. The third kappa shape index (κ3) is 2.62. The Labute approximate surface area is 105 Å². The summed E-state index contributed by atoms with van der Waals surface area (Å²) in [6.45, 7) is 0. The van der Waals surface area contributed by atoms with Crippen molar-refractivity contribution in [3.05, 3.63) is 58.6 Å². The highest BCUT2D eigenvalue weighted by molar-refractivity contribution is 9.10. The van der Waals surface area contributed by atoms with Gasteiger partial charge in [0.1, 0.15) is 11.6 Å². The van der Waals surface area contributed by atoms with Gasteiger partial charge < -0.3 is 0 Å². The van der Waals surface area contributed by atoms with Crippen molar-refractivity contribution in [2.45, 2.75) is 9.79 Å². The van der Waals surface area contributed by atoms with Gasteiger partial charge in [-0.2, -0.15) is 0 Å². The van der Waals surface area contributed by atoms with Gasteiger partial charge in [0.25, 0.3) is 0 Å². The van der Waals surface area contributed by atoms with Crippen molar-refractivity contribution in [3.8, 4) is 0 Å². The average Bonchev–Trinajstić information content (AvgIpc) is 2.27. The van der Waals surface area contributed by atoms with E-state index in [1.165, 1.54) is 23.9 Å². The Morgan fingerprint density at radius 1 is 0.875 bits per heavy atom. The molecule has 0 N–H and O–H groups in total. The monoisotopic (exact) mass is 300 g/mol. The summed E-state index contributed by atoms with van der Waals surface area (Å²) >= 11 is 4.16. The van der Waals surface area contributed by atoms with Crippen molar-refractivity contribution in [2.24, 2.45) is 0 Å². The van der Waals surface area contributed by atoms with Crippen LogP contribution < -0.4 is 0 Å². The molecule has 0 fully saturated rings. The minimum atomic E-state index is -0.585. The van der Waals surface area contributed by atoms with Crippen molar-refractivity contribution < 1.29 is 8.78 Å². The third-order valence-corrected chi connectivity index (χ3v) is 3.67. The molecule has 0 aliphatic rings. The van der Waals surface area contributed by atoms with Gasteiger partial charge in [-0.1, -0.05) is 30.0 Å². The minimum absolute atomic E-state index is 0.120. The zero-order chi connectivity index (χ0) is 11.5. The van der Waals surface area contributed by atoms with E-state index in [1.54, 1.807) is 0 Å². The number of hydrogen-bond acceptors (Lipinski definition) is 1. The summed E-state index contributed by atoms with van der Waals surface area (Å²) in [5.74, 6) is -1.17. The van der Waals surface area contributed by atoms with E-state index in [0.29, 0.717) is 4.90 Å². The topological polar surface area (TPSA) is 0 Å². The van der Waals surface area contributed by atoms with Crippen LogP contribution >= 0.6 is 27.7 Å². The van der Waals surface area contributed by atoms with Gasteiger partial charge in [-0.05, 0) is 40.2 Å². The molecule has 0 unspecified atom stereocenters. The number of halogens is 3. The van der Waals surface area contributed by atoms with E-state index in [9.17, 15) is 8.78 Å². The Morgan fingerprint density at radius 2 is 1.44 bits per heavy atom. The molecule has 0 spiro atoms. The first kappa shape index (κ1) is 11.6. The van der Waals surface area contributed by atoms with Crippen LogP contribution in [-0.2, 0) is 0 Å². The van der Waals surface area contributed by atoms with Gasteiger partial charge in [-0.3, -0.25) is 0 Å². The molecule has 82 valence electrons. The van der Waals surface area contributed by atoms with E-state index < -0.39 is 11.6 Å². The molecule has 0 aliphatic carbocycles. The lowest BCUT2D eigenvalue weighted by Crippen LogP contribution is -1.85. The summed E-state index contributed by atoms with van der Waals surface area (Å²) in [5, 5.41) is 0. The van der Waals surface area contributed by atoms with E-state index in [0.717, 1.165) is 4.90 Å². The van der Waals surface area contributed by atoms with E-state index in [-0.39, 0.29) is 4.47 Å². The van der Waals surface area contributed by atoms with Gasteiger partial charge in [-0.25, -0.2) is 8.78 Å². The fourth-order valence-corrected chi connectivity index (χ4v) is 2.33. The molecule has 0 saturated heterocycles. The van der Waals surface area contributed by atoms with Gasteiger partial charge in [0.2, 0.25) is 0 Å². The molecular weight excluding hydrogens is 294 g/mol. The number of rotatable bonds is 2. The molecule has 0 amide bonds. The van der Waals surface area contributed by atoms with Crippen molar-refractivity contribution in [1.82, 2.24) is 0 Å². The fraction of sp³-hybridized carbons (Fsp3) is 0. The first-order valence-corrected chi connectivity index (χ1v) is 6.15. The lowest BCUT2D eigenvalue weighted by molar-refractivity contribution is 0.566. The first-order valence-electron chi connectivity index (χ1n) is 4.54. The van der Waals surface area contributed by atoms with Crippen molar-refractivity contribution in [3.63, 3.8) is 0 Å². The molecule has 0 bridgehead atoms. The van der Waals surface area contributed by atoms with Crippen LogP contribution in [0.4, 0.5) is 8.78 Å². The van der Waals surface area contributed by atoms with Crippen molar-refractivity contribution >= 4 is 27.7 Å². The zero-order valence-electron chi connectivity index (χ0n) is 8.08. The molecule has 2 rings (SSSR count). The molecule has 0 saturated carbocycles. The van der Waals surface area contributed by atoms with Crippen LogP contribution in [0.15, 0.2) is 56.7 Å². The maximum atomic E-state index is 13.2. The van der Waals surface area contributed by atoms with Crippen LogP contribution in [0.5, 0.6) is 0 Å². The number of hydrogen-bond donors (Lipinski definition) is 0. The lowest BCUT2D eigenvalue weighted by Gasteiger charge is -2.03. The van der Waals surface area contributed by atoms with Gasteiger partial charge in [0.15, 0.2) is 0 Å². The van der Waals surface area contributed by atoms with Crippen molar-refractivity contribution in [1.29, 1.82) is 0 Å². The van der Waals surface area contributed by atoms with E-state index in [1.807, 2.05) is 30.3 Å².